The molecule has 0 amide bonds. The molecular weight excluding hydrogens is 364 g/mol. The van der Waals surface area contributed by atoms with Crippen molar-refractivity contribution in [3.63, 3.8) is 0 Å². The average Bonchev–Trinajstić information content (AvgIpc) is 2.37. The van der Waals surface area contributed by atoms with Crippen molar-refractivity contribution < 1.29 is 13.5 Å². The Kier molecular flexibility index (Phi) is 5.42. The van der Waals surface area contributed by atoms with Crippen LogP contribution in [0, 0.1) is 6.92 Å². The van der Waals surface area contributed by atoms with Gasteiger partial charge in [-0.25, -0.2) is 0 Å². The van der Waals surface area contributed by atoms with Crippen molar-refractivity contribution in [2.75, 3.05) is 5.32 Å². The first-order chi connectivity index (χ1) is 9.94. The summed E-state index contributed by atoms with van der Waals surface area (Å²) in [6.45, 7) is -0.558. The molecule has 0 fully saturated rings. The molecule has 0 aliphatic rings. The van der Waals surface area contributed by atoms with E-state index in [1.165, 1.54) is 12.1 Å². The van der Waals surface area contributed by atoms with E-state index in [1.54, 1.807) is 6.07 Å². The molecule has 0 heterocycles. The largest absolute Gasteiger partial charge is 0.434 e. The minimum atomic E-state index is -2.86. The Morgan fingerprint density at radius 1 is 1.24 bits per heavy atom. The number of halogens is 4. The summed E-state index contributed by atoms with van der Waals surface area (Å²) in [5.74, 6) is 0.119. The quantitative estimate of drug-likeness (QED) is 0.731. The van der Waals surface area contributed by atoms with Crippen LogP contribution in [-0.4, -0.2) is 6.61 Å². The highest BCUT2D eigenvalue weighted by Crippen LogP contribution is 2.26. The third-order valence-corrected chi connectivity index (χ3v) is 3.46. The van der Waals surface area contributed by atoms with Gasteiger partial charge in [0.2, 0.25) is 0 Å². The summed E-state index contributed by atoms with van der Waals surface area (Å²) in [6.07, 6.45) is 0. The van der Waals surface area contributed by atoms with Crippen LogP contribution in [0.1, 0.15) is 11.1 Å². The summed E-state index contributed by atoms with van der Waals surface area (Å²) >= 11 is 9.32. The molecule has 0 bridgehead atoms. The van der Waals surface area contributed by atoms with Crippen LogP contribution in [0.5, 0.6) is 5.75 Å². The van der Waals surface area contributed by atoms with Crippen molar-refractivity contribution in [3.05, 3.63) is 57.0 Å². The van der Waals surface area contributed by atoms with Gasteiger partial charge in [-0.1, -0.05) is 27.5 Å². The van der Waals surface area contributed by atoms with Gasteiger partial charge in [-0.2, -0.15) is 8.78 Å². The smallest absolute Gasteiger partial charge is 0.387 e. The molecule has 0 radical (unpaired) electrons. The normalized spacial score (nSPS) is 10.8. The fraction of sp³-hybridized carbons (Fsp3) is 0.200. The predicted octanol–water partition coefficient (Wildman–Crippen LogP) is 5.62. The van der Waals surface area contributed by atoms with E-state index in [4.69, 9.17) is 11.6 Å². The molecule has 0 unspecified atom stereocenters. The zero-order chi connectivity index (χ0) is 15.4. The second-order valence-corrected chi connectivity index (χ2v) is 5.85. The van der Waals surface area contributed by atoms with Gasteiger partial charge >= 0.3 is 6.61 Å². The molecule has 6 heteroatoms. The van der Waals surface area contributed by atoms with Crippen LogP contribution in [0.25, 0.3) is 0 Å². The summed E-state index contributed by atoms with van der Waals surface area (Å²) in [5.41, 5.74) is 2.53. The van der Waals surface area contributed by atoms with Crippen LogP contribution in [0.3, 0.4) is 0 Å². The number of anilines is 1. The first-order valence-electron chi connectivity index (χ1n) is 6.18. The summed E-state index contributed by atoms with van der Waals surface area (Å²) in [6, 6.07) is 10.4. The highest BCUT2D eigenvalue weighted by atomic mass is 79.9. The summed E-state index contributed by atoms with van der Waals surface area (Å²) < 4.78 is 30.2. The number of rotatable bonds is 5. The molecule has 1 N–H and O–H groups in total. The molecule has 2 nitrogen and oxygen atoms in total. The van der Waals surface area contributed by atoms with Gasteiger partial charge in [-0.15, -0.1) is 0 Å². The van der Waals surface area contributed by atoms with Gasteiger partial charge in [0.05, 0.1) is 0 Å². The Morgan fingerprint density at radius 2 is 2.00 bits per heavy atom. The molecule has 2 aromatic rings. The highest BCUT2D eigenvalue weighted by molar-refractivity contribution is 9.10. The van der Waals surface area contributed by atoms with Crippen molar-refractivity contribution in [2.45, 2.75) is 20.1 Å². The van der Waals surface area contributed by atoms with Crippen LogP contribution < -0.4 is 10.1 Å². The monoisotopic (exact) mass is 375 g/mol. The number of hydrogen-bond donors (Lipinski definition) is 1. The molecule has 0 saturated heterocycles. The summed E-state index contributed by atoms with van der Waals surface area (Å²) in [4.78, 5) is 0. The van der Waals surface area contributed by atoms with E-state index >= 15 is 0 Å². The van der Waals surface area contributed by atoms with E-state index in [1.807, 2.05) is 25.1 Å². The van der Waals surface area contributed by atoms with Gasteiger partial charge in [-0.05, 0) is 48.9 Å². The molecule has 112 valence electrons. The predicted molar refractivity (Wildman–Crippen MR) is 84.3 cm³/mol. The van der Waals surface area contributed by atoms with E-state index in [-0.39, 0.29) is 5.75 Å². The second kappa shape index (κ2) is 7.09. The lowest BCUT2D eigenvalue weighted by Gasteiger charge is -2.13. The zero-order valence-corrected chi connectivity index (χ0v) is 13.5. The minimum Gasteiger partial charge on any atom is -0.434 e. The van der Waals surface area contributed by atoms with E-state index in [0.29, 0.717) is 17.1 Å². The first kappa shape index (κ1) is 16.0. The SMILES string of the molecule is Cc1cc(Br)cc(NCc2cc(Cl)ccc2OC(F)F)c1. The van der Waals surface area contributed by atoms with Gasteiger partial charge in [0.15, 0.2) is 0 Å². The van der Waals surface area contributed by atoms with Crippen molar-refractivity contribution in [1.82, 2.24) is 0 Å². The molecule has 0 aromatic heterocycles. The maximum Gasteiger partial charge on any atom is 0.387 e. The van der Waals surface area contributed by atoms with E-state index in [2.05, 4.69) is 26.0 Å². The van der Waals surface area contributed by atoms with Gasteiger partial charge in [0.1, 0.15) is 5.75 Å². The number of hydrogen-bond acceptors (Lipinski definition) is 2. The lowest BCUT2D eigenvalue weighted by Crippen LogP contribution is -2.07. The van der Waals surface area contributed by atoms with Gasteiger partial charge in [-0.3, -0.25) is 0 Å². The van der Waals surface area contributed by atoms with Gasteiger partial charge in [0, 0.05) is 27.3 Å². The standard InChI is InChI=1S/C15H13BrClF2NO/c1-9-4-11(16)7-13(5-9)20-8-10-6-12(17)2-3-14(10)21-15(18)19/h2-7,15,20H,8H2,1H3. The third kappa shape index (κ3) is 4.86. The molecular formula is C15H13BrClF2NO. The molecule has 2 aromatic carbocycles. The van der Waals surface area contributed by atoms with Crippen LogP contribution in [0.2, 0.25) is 5.02 Å². The van der Waals surface area contributed by atoms with E-state index in [9.17, 15) is 8.78 Å². The summed E-state index contributed by atoms with van der Waals surface area (Å²) in [5, 5.41) is 3.64. The number of aryl methyl sites for hydroxylation is 1. The van der Waals surface area contributed by atoms with Crippen LogP contribution in [0.4, 0.5) is 14.5 Å². The van der Waals surface area contributed by atoms with E-state index < -0.39 is 6.61 Å². The topological polar surface area (TPSA) is 21.3 Å². The fourth-order valence-corrected chi connectivity index (χ4v) is 2.74. The van der Waals surface area contributed by atoms with Crippen LogP contribution in [-0.2, 0) is 6.54 Å². The Morgan fingerprint density at radius 3 is 2.67 bits per heavy atom. The molecule has 0 aliphatic carbocycles. The number of benzene rings is 2. The maximum atomic E-state index is 12.4. The zero-order valence-electron chi connectivity index (χ0n) is 11.2. The lowest BCUT2D eigenvalue weighted by molar-refractivity contribution is -0.0504. The number of nitrogens with one attached hydrogen (secondary N) is 1. The van der Waals surface area contributed by atoms with Crippen LogP contribution in [0.15, 0.2) is 40.9 Å². The minimum absolute atomic E-state index is 0.119. The van der Waals surface area contributed by atoms with Crippen molar-refractivity contribution in [2.24, 2.45) is 0 Å². The van der Waals surface area contributed by atoms with E-state index in [0.717, 1.165) is 15.7 Å². The van der Waals surface area contributed by atoms with Gasteiger partial charge < -0.3 is 10.1 Å². The third-order valence-electron chi connectivity index (χ3n) is 2.76. The number of alkyl halides is 2. The molecule has 21 heavy (non-hydrogen) atoms. The molecule has 0 aliphatic heterocycles. The maximum absolute atomic E-state index is 12.4. The Balaban J connectivity index is 2.16. The molecule has 0 saturated carbocycles. The Bertz CT molecular complexity index is 617. The molecule has 0 spiro atoms. The first-order valence-corrected chi connectivity index (χ1v) is 7.35. The molecule has 0 atom stereocenters. The second-order valence-electron chi connectivity index (χ2n) is 4.50. The van der Waals surface area contributed by atoms with Crippen molar-refractivity contribution in [3.8, 4) is 5.75 Å². The lowest BCUT2D eigenvalue weighted by atomic mass is 10.2. The van der Waals surface area contributed by atoms with Gasteiger partial charge in [0.25, 0.3) is 0 Å². The molecule has 2 rings (SSSR count). The van der Waals surface area contributed by atoms with Crippen LogP contribution >= 0.6 is 27.5 Å². The van der Waals surface area contributed by atoms with Crippen molar-refractivity contribution in [1.29, 1.82) is 0 Å². The fourth-order valence-electron chi connectivity index (χ4n) is 1.93. The Labute approximate surface area is 135 Å². The number of ether oxygens (including phenoxy) is 1. The Hall–Kier alpha value is -1.33. The average molecular weight is 377 g/mol. The highest BCUT2D eigenvalue weighted by Gasteiger charge is 2.10. The van der Waals surface area contributed by atoms with Crippen molar-refractivity contribution >= 4 is 33.2 Å². The summed E-state index contributed by atoms with van der Waals surface area (Å²) in [7, 11) is 0.